The summed E-state index contributed by atoms with van der Waals surface area (Å²) in [6.07, 6.45) is -26.6. The predicted molar refractivity (Wildman–Crippen MR) is 46.0 cm³/mol. The molecule has 0 amide bonds. The third-order valence-corrected chi connectivity index (χ3v) is 2.52. The summed E-state index contributed by atoms with van der Waals surface area (Å²) >= 11 is 0. The lowest BCUT2D eigenvalue weighted by atomic mass is 9.94. The smallest absolute Gasteiger partial charge is 0.222 e. The minimum absolute atomic E-state index is 2.35. The van der Waals surface area contributed by atoms with Gasteiger partial charge >= 0.3 is 36.3 Å². The van der Waals surface area contributed by atoms with Gasteiger partial charge in [-0.2, -0.15) is 65.9 Å². The molecule has 0 aromatic heterocycles. The molecule has 0 aliphatic rings. The van der Waals surface area contributed by atoms with Crippen LogP contribution in [0.5, 0.6) is 0 Å². The highest BCUT2D eigenvalue weighted by Crippen LogP contribution is 2.54. The monoisotopic (exact) mass is 414 g/mol. The first kappa shape index (κ1) is 23.6. The van der Waals surface area contributed by atoms with Crippen molar-refractivity contribution in [2.75, 3.05) is 0 Å². The van der Waals surface area contributed by atoms with Crippen LogP contribution in [0.2, 0.25) is 0 Å². The van der Waals surface area contributed by atoms with Crippen molar-refractivity contribution in [3.05, 3.63) is 12.2 Å². The second-order valence-corrected chi connectivity index (χ2v) is 4.31. The maximum absolute atomic E-state index is 13.2. The zero-order chi connectivity index (χ0) is 20.9. The molecule has 0 radical (unpaired) electrons. The third kappa shape index (κ3) is 3.75. The highest BCUT2D eigenvalue weighted by Gasteiger charge is 2.80. The van der Waals surface area contributed by atoms with Gasteiger partial charge in [-0.25, -0.2) is 4.39 Å². The van der Waals surface area contributed by atoms with Gasteiger partial charge in [-0.1, -0.05) is 0 Å². The molecule has 0 saturated carbocycles. The Morgan fingerprint density at radius 1 is 0.360 bits per heavy atom. The topological polar surface area (TPSA) is 0 Å². The zero-order valence-electron chi connectivity index (χ0n) is 10.7. The summed E-state index contributed by atoms with van der Waals surface area (Å²) in [6, 6.07) is 0. The first-order valence-electron chi connectivity index (χ1n) is 5.18. The first-order chi connectivity index (χ1) is 10.5. The van der Waals surface area contributed by atoms with Crippen LogP contribution in [0.1, 0.15) is 0 Å². The lowest BCUT2D eigenvalue weighted by Crippen LogP contribution is -2.61. The molecule has 0 aromatic carbocycles. The quantitative estimate of drug-likeness (QED) is 0.401. The standard InChI is InChI=1S/C9H2F16/c10-3(7(17,18)19,5(13,14)8(20,21)22)1-2-4(11,12)6(15,16)9(23,24)25/h1-2H. The fraction of sp³-hybridized carbons (Fsp3) is 0.778. The molecule has 0 aliphatic heterocycles. The van der Waals surface area contributed by atoms with Gasteiger partial charge in [0.15, 0.2) is 0 Å². The highest BCUT2D eigenvalue weighted by molar-refractivity contribution is 5.20. The summed E-state index contributed by atoms with van der Waals surface area (Å²) < 4.78 is 196. The normalized spacial score (nSPS) is 18.6. The number of allylic oxidation sites excluding steroid dienone is 2. The predicted octanol–water partition coefficient (Wildman–Crippen LogP) is 5.84. The maximum atomic E-state index is 13.2. The van der Waals surface area contributed by atoms with Crippen LogP contribution in [-0.4, -0.2) is 42.0 Å². The summed E-state index contributed by atoms with van der Waals surface area (Å²) in [6.45, 7) is 0. The van der Waals surface area contributed by atoms with Gasteiger partial charge in [-0.05, 0) is 12.2 Å². The largest absolute Gasteiger partial charge is 0.460 e. The Hall–Kier alpha value is -1.38. The number of alkyl halides is 16. The molecular weight excluding hydrogens is 412 g/mol. The van der Waals surface area contributed by atoms with Crippen LogP contribution in [0.15, 0.2) is 12.2 Å². The minimum atomic E-state index is -7.49. The SMILES string of the molecule is FC(F)(F)C(F)(F)C(F)(F)C=CC(F)(C(F)(F)F)C(F)(F)C(F)(F)F. The first-order valence-corrected chi connectivity index (χ1v) is 5.18. The number of halogens is 16. The van der Waals surface area contributed by atoms with Crippen LogP contribution in [0.4, 0.5) is 70.2 Å². The second-order valence-electron chi connectivity index (χ2n) is 4.31. The average Bonchev–Trinajstić information content (AvgIpc) is 2.31. The van der Waals surface area contributed by atoms with E-state index < -0.39 is 54.1 Å². The van der Waals surface area contributed by atoms with Crippen molar-refractivity contribution < 1.29 is 70.2 Å². The summed E-state index contributed by atoms with van der Waals surface area (Å²) in [7, 11) is 0. The van der Waals surface area contributed by atoms with Crippen molar-refractivity contribution in [3.8, 4) is 0 Å². The Labute approximate surface area is 126 Å². The van der Waals surface area contributed by atoms with E-state index in [0.717, 1.165) is 0 Å². The van der Waals surface area contributed by atoms with Crippen molar-refractivity contribution in [1.82, 2.24) is 0 Å². The molecule has 150 valence electrons. The average molecular weight is 414 g/mol. The minimum Gasteiger partial charge on any atom is -0.222 e. The van der Waals surface area contributed by atoms with Crippen LogP contribution < -0.4 is 0 Å². The van der Waals surface area contributed by atoms with E-state index in [0.29, 0.717) is 0 Å². The van der Waals surface area contributed by atoms with E-state index >= 15 is 0 Å². The lowest BCUT2D eigenvalue weighted by molar-refractivity contribution is -0.370. The van der Waals surface area contributed by atoms with Gasteiger partial charge in [-0.15, -0.1) is 0 Å². The van der Waals surface area contributed by atoms with Crippen LogP contribution in [-0.2, 0) is 0 Å². The molecule has 0 N–H and O–H groups in total. The van der Waals surface area contributed by atoms with Gasteiger partial charge in [-0.3, -0.25) is 0 Å². The molecule has 0 aromatic rings. The maximum Gasteiger partial charge on any atom is 0.460 e. The van der Waals surface area contributed by atoms with Crippen molar-refractivity contribution >= 4 is 0 Å². The van der Waals surface area contributed by atoms with Crippen LogP contribution >= 0.6 is 0 Å². The van der Waals surface area contributed by atoms with Crippen molar-refractivity contribution in [2.24, 2.45) is 0 Å². The Balaban J connectivity index is 6.33. The van der Waals surface area contributed by atoms with Crippen LogP contribution in [0, 0.1) is 0 Å². The molecule has 0 nitrogen and oxygen atoms in total. The van der Waals surface area contributed by atoms with Gasteiger partial charge < -0.3 is 0 Å². The lowest BCUT2D eigenvalue weighted by Gasteiger charge is -2.34. The van der Waals surface area contributed by atoms with E-state index in [9.17, 15) is 70.2 Å². The summed E-state index contributed by atoms with van der Waals surface area (Å²) in [4.78, 5) is 0. The third-order valence-electron chi connectivity index (χ3n) is 2.52. The molecule has 1 unspecified atom stereocenters. The van der Waals surface area contributed by atoms with E-state index in [2.05, 4.69) is 0 Å². The van der Waals surface area contributed by atoms with Gasteiger partial charge in [0.1, 0.15) is 0 Å². The van der Waals surface area contributed by atoms with E-state index in [-0.39, 0.29) is 0 Å². The molecule has 1 atom stereocenters. The van der Waals surface area contributed by atoms with E-state index in [1.165, 1.54) is 0 Å². The Kier molecular flexibility index (Phi) is 5.50. The number of rotatable bonds is 4. The summed E-state index contributed by atoms with van der Waals surface area (Å²) in [5.74, 6) is -21.5. The van der Waals surface area contributed by atoms with Gasteiger partial charge in [0, 0.05) is 0 Å². The molecule has 0 saturated heterocycles. The number of hydrogen-bond acceptors (Lipinski definition) is 0. The van der Waals surface area contributed by atoms with Crippen molar-refractivity contribution in [2.45, 2.75) is 42.0 Å². The molecular formula is C9H2F16. The van der Waals surface area contributed by atoms with Crippen LogP contribution in [0.25, 0.3) is 0 Å². The van der Waals surface area contributed by atoms with E-state index in [1.807, 2.05) is 0 Å². The van der Waals surface area contributed by atoms with Gasteiger partial charge in [0.2, 0.25) is 0 Å². The fourth-order valence-electron chi connectivity index (χ4n) is 1.10. The Morgan fingerprint density at radius 2 is 0.680 bits per heavy atom. The van der Waals surface area contributed by atoms with Crippen molar-refractivity contribution in [1.29, 1.82) is 0 Å². The fourth-order valence-corrected chi connectivity index (χ4v) is 1.10. The molecule has 0 aliphatic carbocycles. The summed E-state index contributed by atoms with van der Waals surface area (Å²) in [5, 5.41) is 0. The van der Waals surface area contributed by atoms with Crippen LogP contribution in [0.3, 0.4) is 0 Å². The van der Waals surface area contributed by atoms with Gasteiger partial charge in [0.25, 0.3) is 5.67 Å². The molecule has 0 spiro atoms. The molecule has 16 heteroatoms. The van der Waals surface area contributed by atoms with E-state index in [4.69, 9.17) is 0 Å². The zero-order valence-corrected chi connectivity index (χ0v) is 10.7. The molecule has 0 fully saturated rings. The molecule has 0 bridgehead atoms. The second kappa shape index (κ2) is 5.82. The Morgan fingerprint density at radius 3 is 0.920 bits per heavy atom. The van der Waals surface area contributed by atoms with E-state index in [1.54, 1.807) is 0 Å². The van der Waals surface area contributed by atoms with Crippen molar-refractivity contribution in [3.63, 3.8) is 0 Å². The van der Waals surface area contributed by atoms with Gasteiger partial charge in [0.05, 0.1) is 0 Å². The number of hydrogen-bond donors (Lipinski definition) is 0. The summed E-state index contributed by atoms with van der Waals surface area (Å²) in [5.41, 5.74) is -7.05. The molecule has 0 rings (SSSR count). The Bertz CT molecular complexity index is 501. The highest BCUT2D eigenvalue weighted by atomic mass is 19.4. The molecule has 0 heterocycles. The molecule has 25 heavy (non-hydrogen) atoms.